The molecule has 0 saturated heterocycles. The molecule has 0 fully saturated rings. The first kappa shape index (κ1) is 20.3. The summed E-state index contributed by atoms with van der Waals surface area (Å²) in [6.07, 6.45) is 1.04. The number of hydrogen-bond donors (Lipinski definition) is 2. The second kappa shape index (κ2) is 8.70. The molecular formula is C22H22N2O5. The lowest BCUT2D eigenvalue weighted by Gasteiger charge is -2.14. The molecule has 150 valence electrons. The van der Waals surface area contributed by atoms with Crippen molar-refractivity contribution in [3.8, 4) is 11.1 Å². The molecule has 2 aromatic rings. The van der Waals surface area contributed by atoms with Crippen LogP contribution in [0.3, 0.4) is 0 Å². The number of nitrogens with zero attached hydrogens (tertiary/aromatic N) is 1. The van der Waals surface area contributed by atoms with Gasteiger partial charge < -0.3 is 15.2 Å². The van der Waals surface area contributed by atoms with Gasteiger partial charge in [-0.3, -0.25) is 14.5 Å². The van der Waals surface area contributed by atoms with Gasteiger partial charge in [-0.15, -0.1) is 0 Å². The quantitative estimate of drug-likeness (QED) is 0.554. The third-order valence-electron chi connectivity index (χ3n) is 4.27. The SMILES string of the molecule is CC(C)OC(=O)c1ccc(-c2cccc(NC3=CC(=O)N(CCO)C3=O)c2)cc1. The Labute approximate surface area is 168 Å². The Kier molecular flexibility index (Phi) is 6.09. The second-order valence-corrected chi connectivity index (χ2v) is 6.81. The number of hydrogen-bond acceptors (Lipinski definition) is 6. The van der Waals surface area contributed by atoms with Crippen LogP contribution < -0.4 is 5.32 Å². The molecule has 7 heteroatoms. The van der Waals surface area contributed by atoms with Crippen molar-refractivity contribution in [1.29, 1.82) is 0 Å². The smallest absolute Gasteiger partial charge is 0.338 e. The van der Waals surface area contributed by atoms with Crippen LogP contribution in [0.2, 0.25) is 0 Å². The minimum Gasteiger partial charge on any atom is -0.459 e. The number of amides is 2. The summed E-state index contributed by atoms with van der Waals surface area (Å²) in [6, 6.07) is 14.4. The number of benzene rings is 2. The number of aliphatic hydroxyl groups excluding tert-OH is 1. The predicted molar refractivity (Wildman–Crippen MR) is 108 cm³/mol. The van der Waals surface area contributed by atoms with Crippen molar-refractivity contribution >= 4 is 23.5 Å². The highest BCUT2D eigenvalue weighted by Gasteiger charge is 2.30. The van der Waals surface area contributed by atoms with Gasteiger partial charge >= 0.3 is 5.97 Å². The summed E-state index contributed by atoms with van der Waals surface area (Å²) in [7, 11) is 0. The van der Waals surface area contributed by atoms with E-state index in [0.29, 0.717) is 11.3 Å². The highest BCUT2D eigenvalue weighted by molar-refractivity contribution is 6.17. The van der Waals surface area contributed by atoms with E-state index in [-0.39, 0.29) is 30.9 Å². The normalized spacial score (nSPS) is 13.7. The molecule has 7 nitrogen and oxygen atoms in total. The van der Waals surface area contributed by atoms with Gasteiger partial charge in [0.15, 0.2) is 0 Å². The van der Waals surface area contributed by atoms with E-state index in [4.69, 9.17) is 9.84 Å². The average molecular weight is 394 g/mol. The van der Waals surface area contributed by atoms with Crippen LogP contribution in [0.5, 0.6) is 0 Å². The van der Waals surface area contributed by atoms with Crippen LogP contribution in [0, 0.1) is 0 Å². The molecule has 1 heterocycles. The number of nitrogens with one attached hydrogen (secondary N) is 1. The van der Waals surface area contributed by atoms with Gasteiger partial charge in [-0.1, -0.05) is 24.3 Å². The van der Waals surface area contributed by atoms with Crippen LogP contribution in [-0.4, -0.2) is 47.0 Å². The number of esters is 1. The van der Waals surface area contributed by atoms with Gasteiger partial charge in [-0.25, -0.2) is 4.79 Å². The van der Waals surface area contributed by atoms with Gasteiger partial charge in [-0.2, -0.15) is 0 Å². The van der Waals surface area contributed by atoms with Crippen molar-refractivity contribution in [3.63, 3.8) is 0 Å². The number of rotatable bonds is 7. The first-order valence-corrected chi connectivity index (χ1v) is 9.26. The third kappa shape index (κ3) is 4.70. The van der Waals surface area contributed by atoms with Crippen molar-refractivity contribution in [2.45, 2.75) is 20.0 Å². The number of β-amino-alcohol motifs (C(OH)–C–C–N with tert-alkyl or cyclic N) is 1. The lowest BCUT2D eigenvalue weighted by Crippen LogP contribution is -2.34. The number of ether oxygens (including phenoxy) is 1. The Balaban J connectivity index is 1.75. The second-order valence-electron chi connectivity index (χ2n) is 6.81. The highest BCUT2D eigenvalue weighted by atomic mass is 16.5. The lowest BCUT2D eigenvalue weighted by molar-refractivity contribution is -0.137. The van der Waals surface area contributed by atoms with Crippen LogP contribution >= 0.6 is 0 Å². The van der Waals surface area contributed by atoms with Gasteiger partial charge in [-0.05, 0) is 49.2 Å². The molecule has 0 bridgehead atoms. The molecule has 0 aliphatic carbocycles. The van der Waals surface area contributed by atoms with Crippen LogP contribution in [0.25, 0.3) is 11.1 Å². The van der Waals surface area contributed by atoms with E-state index in [0.717, 1.165) is 16.0 Å². The first-order chi connectivity index (χ1) is 13.9. The van der Waals surface area contributed by atoms with Gasteiger partial charge in [0, 0.05) is 11.8 Å². The molecule has 2 aromatic carbocycles. The maximum Gasteiger partial charge on any atom is 0.338 e. The van der Waals surface area contributed by atoms with Crippen LogP contribution in [-0.2, 0) is 14.3 Å². The minimum atomic E-state index is -0.470. The fourth-order valence-corrected chi connectivity index (χ4v) is 2.92. The van der Waals surface area contributed by atoms with Crippen LogP contribution in [0.1, 0.15) is 24.2 Å². The zero-order valence-electron chi connectivity index (χ0n) is 16.2. The fourth-order valence-electron chi connectivity index (χ4n) is 2.92. The molecule has 0 saturated carbocycles. The zero-order valence-corrected chi connectivity index (χ0v) is 16.2. The molecule has 0 radical (unpaired) electrons. The van der Waals surface area contributed by atoms with Gasteiger partial charge in [0.2, 0.25) is 0 Å². The molecule has 2 N–H and O–H groups in total. The fraction of sp³-hybridized carbons (Fsp3) is 0.227. The standard InChI is InChI=1S/C22H22N2O5/c1-14(2)29-22(28)16-8-6-15(7-9-16)17-4-3-5-18(12-17)23-19-13-20(26)24(10-11-25)21(19)27/h3-9,12-14,23,25H,10-11H2,1-2H3. The van der Waals surface area contributed by atoms with Crippen molar-refractivity contribution in [3.05, 3.63) is 65.9 Å². The monoisotopic (exact) mass is 394 g/mol. The predicted octanol–water partition coefficient (Wildman–Crippen LogP) is 2.58. The van der Waals surface area contributed by atoms with Gasteiger partial charge in [0.05, 0.1) is 24.8 Å². The maximum atomic E-state index is 12.3. The molecule has 29 heavy (non-hydrogen) atoms. The number of carbonyl (C=O) groups is 3. The Hall–Kier alpha value is -3.45. The molecule has 2 amide bonds. The lowest BCUT2D eigenvalue weighted by atomic mass is 10.0. The zero-order chi connectivity index (χ0) is 21.0. The van der Waals surface area contributed by atoms with E-state index >= 15 is 0 Å². The van der Waals surface area contributed by atoms with Crippen molar-refractivity contribution < 1.29 is 24.2 Å². The summed E-state index contributed by atoms with van der Waals surface area (Å²) in [5.74, 6) is -1.29. The molecular weight excluding hydrogens is 372 g/mol. The summed E-state index contributed by atoms with van der Waals surface area (Å²) in [5, 5.41) is 11.9. The molecule has 1 aliphatic rings. The third-order valence-corrected chi connectivity index (χ3v) is 4.27. The van der Waals surface area contributed by atoms with Gasteiger partial charge in [0.25, 0.3) is 11.8 Å². The van der Waals surface area contributed by atoms with Crippen LogP contribution in [0.4, 0.5) is 5.69 Å². The number of anilines is 1. The summed E-state index contributed by atoms with van der Waals surface area (Å²) in [6.45, 7) is 3.28. The summed E-state index contributed by atoms with van der Waals surface area (Å²) < 4.78 is 5.19. The van der Waals surface area contributed by atoms with E-state index in [2.05, 4.69) is 5.32 Å². The molecule has 0 unspecified atom stereocenters. The van der Waals surface area contributed by atoms with E-state index in [1.165, 1.54) is 6.08 Å². The summed E-state index contributed by atoms with van der Waals surface area (Å²) >= 11 is 0. The topological polar surface area (TPSA) is 95.9 Å². The molecule has 3 rings (SSSR count). The average Bonchev–Trinajstić information content (AvgIpc) is 2.95. The van der Waals surface area contributed by atoms with E-state index in [1.807, 2.05) is 30.3 Å². The molecule has 0 spiro atoms. The van der Waals surface area contributed by atoms with Crippen molar-refractivity contribution in [2.75, 3.05) is 18.5 Å². The Bertz CT molecular complexity index is 963. The molecule has 0 atom stereocenters. The Morgan fingerprint density at radius 3 is 2.48 bits per heavy atom. The summed E-state index contributed by atoms with van der Waals surface area (Å²) in [5.41, 5.74) is 3.04. The number of aliphatic hydroxyl groups is 1. The van der Waals surface area contributed by atoms with E-state index in [9.17, 15) is 14.4 Å². The van der Waals surface area contributed by atoms with Crippen molar-refractivity contribution in [1.82, 2.24) is 4.90 Å². The maximum absolute atomic E-state index is 12.3. The molecule has 0 aromatic heterocycles. The van der Waals surface area contributed by atoms with Crippen molar-refractivity contribution in [2.24, 2.45) is 0 Å². The highest BCUT2D eigenvalue weighted by Crippen LogP contribution is 2.25. The first-order valence-electron chi connectivity index (χ1n) is 9.26. The largest absolute Gasteiger partial charge is 0.459 e. The minimum absolute atomic E-state index is 0.0367. The Morgan fingerprint density at radius 1 is 1.10 bits per heavy atom. The van der Waals surface area contributed by atoms with Crippen LogP contribution in [0.15, 0.2) is 60.3 Å². The number of carbonyl (C=O) groups excluding carboxylic acids is 3. The Morgan fingerprint density at radius 2 is 1.83 bits per heavy atom. The van der Waals surface area contributed by atoms with E-state index in [1.54, 1.807) is 32.0 Å². The van der Waals surface area contributed by atoms with Gasteiger partial charge in [0.1, 0.15) is 5.70 Å². The molecule has 1 aliphatic heterocycles. The number of imide groups is 1. The summed E-state index contributed by atoms with van der Waals surface area (Å²) in [4.78, 5) is 37.1. The van der Waals surface area contributed by atoms with E-state index < -0.39 is 11.8 Å².